The standard InChI is InChI=1S/C24H35N3O4S/c1-4-16(2)25-23(28)18-10-12-26(13-11-18)32(30,31)21-8-9-22-20(15-21)14-17(3)27(22)24(29)19-6-5-7-19/h8-9,15-19H,4-7,10-14H2,1-3H3,(H,25,28). The van der Waals surface area contributed by atoms with Gasteiger partial charge in [-0.1, -0.05) is 13.3 Å². The third-order valence-corrected chi connectivity index (χ3v) is 9.32. The van der Waals surface area contributed by atoms with Crippen molar-refractivity contribution < 1.29 is 18.0 Å². The highest BCUT2D eigenvalue weighted by molar-refractivity contribution is 7.89. The first-order chi connectivity index (χ1) is 15.2. The van der Waals surface area contributed by atoms with Gasteiger partial charge in [-0.2, -0.15) is 4.31 Å². The van der Waals surface area contributed by atoms with Gasteiger partial charge in [0, 0.05) is 42.7 Å². The van der Waals surface area contributed by atoms with E-state index in [9.17, 15) is 18.0 Å². The number of nitrogens with zero attached hydrogens (tertiary/aromatic N) is 2. The van der Waals surface area contributed by atoms with Crippen molar-refractivity contribution in [1.82, 2.24) is 9.62 Å². The Morgan fingerprint density at radius 2 is 1.81 bits per heavy atom. The van der Waals surface area contributed by atoms with Gasteiger partial charge in [-0.25, -0.2) is 8.42 Å². The predicted octanol–water partition coefficient (Wildman–Crippen LogP) is 3.08. The van der Waals surface area contributed by atoms with Gasteiger partial charge in [-0.05, 0) is 76.1 Å². The molecule has 1 aliphatic carbocycles. The van der Waals surface area contributed by atoms with Crippen LogP contribution in [0.25, 0.3) is 0 Å². The first-order valence-electron chi connectivity index (χ1n) is 12.0. The quantitative estimate of drug-likeness (QED) is 0.705. The van der Waals surface area contributed by atoms with Crippen LogP contribution < -0.4 is 10.2 Å². The molecule has 1 saturated carbocycles. The van der Waals surface area contributed by atoms with Crippen molar-refractivity contribution in [2.45, 2.75) is 82.7 Å². The average Bonchev–Trinajstić information content (AvgIpc) is 3.07. The summed E-state index contributed by atoms with van der Waals surface area (Å²) in [5, 5.41) is 3.01. The lowest BCUT2D eigenvalue weighted by Gasteiger charge is -2.32. The first-order valence-corrected chi connectivity index (χ1v) is 13.4. The maximum atomic E-state index is 13.3. The third kappa shape index (κ3) is 4.31. The molecule has 32 heavy (non-hydrogen) atoms. The highest BCUT2D eigenvalue weighted by Gasteiger charge is 2.38. The van der Waals surface area contributed by atoms with E-state index in [0.29, 0.717) is 32.4 Å². The molecule has 0 aromatic heterocycles. The lowest BCUT2D eigenvalue weighted by atomic mass is 9.84. The summed E-state index contributed by atoms with van der Waals surface area (Å²) in [7, 11) is -3.63. The van der Waals surface area contributed by atoms with Crippen LogP contribution in [0.4, 0.5) is 5.69 Å². The summed E-state index contributed by atoms with van der Waals surface area (Å²) in [5.41, 5.74) is 1.78. The largest absolute Gasteiger partial charge is 0.353 e. The van der Waals surface area contributed by atoms with Crippen LogP contribution in [0.3, 0.4) is 0 Å². The zero-order valence-corrected chi connectivity index (χ0v) is 20.2. The Balaban J connectivity index is 1.45. The minimum atomic E-state index is -3.63. The molecule has 176 valence electrons. The predicted molar refractivity (Wildman–Crippen MR) is 124 cm³/mol. The second kappa shape index (κ2) is 9.14. The molecule has 1 aromatic rings. The molecule has 4 rings (SSSR count). The van der Waals surface area contributed by atoms with E-state index in [1.54, 1.807) is 18.2 Å². The summed E-state index contributed by atoms with van der Waals surface area (Å²) < 4.78 is 28.1. The number of sulfonamides is 1. The fourth-order valence-corrected chi connectivity index (χ4v) is 6.45. The second-order valence-electron chi connectivity index (χ2n) is 9.68. The number of anilines is 1. The van der Waals surface area contributed by atoms with Crippen LogP contribution in [0.1, 0.15) is 64.9 Å². The summed E-state index contributed by atoms with van der Waals surface area (Å²) in [6.45, 7) is 6.73. The molecule has 2 unspecified atom stereocenters. The smallest absolute Gasteiger partial charge is 0.243 e. The number of fused-ring (bicyclic) bond motifs is 1. The molecule has 1 N–H and O–H groups in total. The molecule has 1 saturated heterocycles. The van der Waals surface area contributed by atoms with Crippen LogP contribution in [0.15, 0.2) is 23.1 Å². The van der Waals surface area contributed by atoms with Crippen molar-refractivity contribution in [2.75, 3.05) is 18.0 Å². The number of carbonyl (C=O) groups excluding carboxylic acids is 2. The molecule has 0 spiro atoms. The maximum Gasteiger partial charge on any atom is 0.243 e. The zero-order valence-electron chi connectivity index (χ0n) is 19.3. The average molecular weight is 462 g/mol. The molecule has 2 amide bonds. The summed E-state index contributed by atoms with van der Waals surface area (Å²) in [6.07, 6.45) is 5.64. The molecule has 2 atom stereocenters. The van der Waals surface area contributed by atoms with E-state index in [-0.39, 0.29) is 40.6 Å². The zero-order chi connectivity index (χ0) is 23.0. The maximum absolute atomic E-state index is 13.3. The molecule has 0 radical (unpaired) electrons. The Bertz CT molecular complexity index is 981. The van der Waals surface area contributed by atoms with Gasteiger partial charge >= 0.3 is 0 Å². The van der Waals surface area contributed by atoms with Crippen molar-refractivity contribution in [3.63, 3.8) is 0 Å². The minimum Gasteiger partial charge on any atom is -0.353 e. The highest BCUT2D eigenvalue weighted by Crippen LogP contribution is 2.38. The minimum absolute atomic E-state index is 0.0270. The van der Waals surface area contributed by atoms with E-state index >= 15 is 0 Å². The molecule has 1 aromatic carbocycles. The fraction of sp³-hybridized carbons (Fsp3) is 0.667. The van der Waals surface area contributed by atoms with Crippen LogP contribution in [0.5, 0.6) is 0 Å². The molecule has 2 heterocycles. The third-order valence-electron chi connectivity index (χ3n) is 7.42. The van der Waals surface area contributed by atoms with Crippen LogP contribution >= 0.6 is 0 Å². The van der Waals surface area contributed by atoms with Gasteiger partial charge < -0.3 is 10.2 Å². The number of rotatable bonds is 6. The fourth-order valence-electron chi connectivity index (χ4n) is 4.93. The molecule has 3 aliphatic rings. The number of carbonyl (C=O) groups is 2. The molecular formula is C24H35N3O4S. The van der Waals surface area contributed by atoms with Crippen LogP contribution in [0, 0.1) is 11.8 Å². The molecular weight excluding hydrogens is 426 g/mol. The van der Waals surface area contributed by atoms with Crippen LogP contribution in [-0.4, -0.2) is 49.7 Å². The Hall–Kier alpha value is -1.93. The summed E-state index contributed by atoms with van der Waals surface area (Å²) in [4.78, 5) is 27.4. The monoisotopic (exact) mass is 461 g/mol. The highest BCUT2D eigenvalue weighted by atomic mass is 32.2. The lowest BCUT2D eigenvalue weighted by molar-refractivity contribution is -0.127. The summed E-state index contributed by atoms with van der Waals surface area (Å²) >= 11 is 0. The van der Waals surface area contributed by atoms with Gasteiger partial charge in [0.15, 0.2) is 0 Å². The Labute approximate surface area is 191 Å². The molecule has 7 nitrogen and oxygen atoms in total. The van der Waals surface area contributed by atoms with E-state index < -0.39 is 10.0 Å². The van der Waals surface area contributed by atoms with Crippen molar-refractivity contribution in [3.8, 4) is 0 Å². The SMILES string of the molecule is CCC(C)NC(=O)C1CCN(S(=O)(=O)c2ccc3c(c2)CC(C)N3C(=O)C2CCC2)CC1. The van der Waals surface area contributed by atoms with E-state index in [1.807, 2.05) is 25.7 Å². The molecule has 8 heteroatoms. The molecule has 2 aliphatic heterocycles. The van der Waals surface area contributed by atoms with E-state index in [4.69, 9.17) is 0 Å². The van der Waals surface area contributed by atoms with Crippen molar-refractivity contribution in [2.24, 2.45) is 11.8 Å². The number of hydrogen-bond donors (Lipinski definition) is 1. The van der Waals surface area contributed by atoms with Gasteiger partial charge in [0.05, 0.1) is 4.90 Å². The van der Waals surface area contributed by atoms with Crippen molar-refractivity contribution >= 4 is 27.5 Å². The number of hydrogen-bond acceptors (Lipinski definition) is 4. The van der Waals surface area contributed by atoms with Gasteiger partial charge in [0.25, 0.3) is 0 Å². The van der Waals surface area contributed by atoms with Crippen molar-refractivity contribution in [3.05, 3.63) is 23.8 Å². The number of piperidine rings is 1. The van der Waals surface area contributed by atoms with Gasteiger partial charge in [-0.3, -0.25) is 9.59 Å². The van der Waals surface area contributed by atoms with Gasteiger partial charge in [0.1, 0.15) is 0 Å². The summed E-state index contributed by atoms with van der Waals surface area (Å²) in [5.74, 6) is 0.183. The lowest BCUT2D eigenvalue weighted by Crippen LogP contribution is -2.44. The second-order valence-corrected chi connectivity index (χ2v) is 11.6. The summed E-state index contributed by atoms with van der Waals surface area (Å²) in [6, 6.07) is 5.37. The Morgan fingerprint density at radius 1 is 1.12 bits per heavy atom. The number of nitrogens with one attached hydrogen (secondary N) is 1. The van der Waals surface area contributed by atoms with Gasteiger partial charge in [-0.15, -0.1) is 0 Å². The molecule has 0 bridgehead atoms. The van der Waals surface area contributed by atoms with Crippen LogP contribution in [0.2, 0.25) is 0 Å². The Kier molecular flexibility index (Phi) is 6.63. The van der Waals surface area contributed by atoms with Gasteiger partial charge in [0.2, 0.25) is 21.8 Å². The molecule has 2 fully saturated rings. The van der Waals surface area contributed by atoms with E-state index in [0.717, 1.165) is 36.9 Å². The van der Waals surface area contributed by atoms with E-state index in [1.165, 1.54) is 4.31 Å². The topological polar surface area (TPSA) is 86.8 Å². The first kappa shape index (κ1) is 23.2. The normalized spacial score (nSPS) is 23.5. The number of amides is 2. The van der Waals surface area contributed by atoms with Crippen molar-refractivity contribution in [1.29, 1.82) is 0 Å². The van der Waals surface area contributed by atoms with E-state index in [2.05, 4.69) is 5.32 Å². The van der Waals surface area contributed by atoms with Crippen LogP contribution in [-0.2, 0) is 26.0 Å². The number of benzene rings is 1. The Morgan fingerprint density at radius 3 is 2.41 bits per heavy atom.